The van der Waals surface area contributed by atoms with Crippen molar-refractivity contribution in [2.75, 3.05) is 7.11 Å². The van der Waals surface area contributed by atoms with Crippen molar-refractivity contribution in [1.29, 1.82) is 0 Å². The van der Waals surface area contributed by atoms with Crippen LogP contribution in [0.15, 0.2) is 0 Å². The molecule has 5 heteroatoms. The number of carboxylic acids is 1. The lowest BCUT2D eigenvalue weighted by atomic mass is 9.77. The summed E-state index contributed by atoms with van der Waals surface area (Å²) in [4.78, 5) is 22.7. The number of carbonyl (C=O) groups excluding carboxylic acids is 1. The molecule has 0 bridgehead atoms. The predicted molar refractivity (Wildman–Crippen MR) is 62.6 cm³/mol. The minimum Gasteiger partial charge on any atom is -0.480 e. The Kier molecular flexibility index (Phi) is 4.51. The number of ether oxygens (including phenoxy) is 1. The fourth-order valence-corrected chi connectivity index (χ4v) is 2.05. The van der Waals surface area contributed by atoms with E-state index in [-0.39, 0.29) is 23.8 Å². The fraction of sp³-hybridized carbons (Fsp3) is 0.833. The highest BCUT2D eigenvalue weighted by atomic mass is 16.5. The van der Waals surface area contributed by atoms with Crippen molar-refractivity contribution in [3.8, 4) is 0 Å². The first-order valence-corrected chi connectivity index (χ1v) is 5.97. The van der Waals surface area contributed by atoms with E-state index < -0.39 is 12.0 Å². The zero-order valence-electron chi connectivity index (χ0n) is 10.7. The highest BCUT2D eigenvalue weighted by Gasteiger charge is 2.39. The maximum Gasteiger partial charge on any atom is 0.326 e. The molecule has 1 rings (SSSR count). The normalized spacial score (nSPS) is 19.5. The lowest BCUT2D eigenvalue weighted by Gasteiger charge is -2.40. The van der Waals surface area contributed by atoms with Crippen molar-refractivity contribution in [2.45, 2.75) is 51.2 Å². The average Bonchev–Trinajstić information content (AvgIpc) is 2.19. The van der Waals surface area contributed by atoms with Crippen molar-refractivity contribution in [3.63, 3.8) is 0 Å². The maximum atomic E-state index is 11.8. The summed E-state index contributed by atoms with van der Waals surface area (Å²) in [6.07, 6.45) is 3.06. The van der Waals surface area contributed by atoms with E-state index in [1.807, 2.05) is 0 Å². The van der Waals surface area contributed by atoms with Crippen molar-refractivity contribution in [1.82, 2.24) is 5.32 Å². The first-order chi connectivity index (χ1) is 7.90. The summed E-state index contributed by atoms with van der Waals surface area (Å²) < 4.78 is 5.34. The Hall–Kier alpha value is -1.10. The summed E-state index contributed by atoms with van der Waals surface area (Å²) in [5.74, 6) is -1.36. The lowest BCUT2D eigenvalue weighted by Crippen LogP contribution is -2.49. The highest BCUT2D eigenvalue weighted by molar-refractivity contribution is 5.84. The Morgan fingerprint density at radius 3 is 2.29 bits per heavy atom. The van der Waals surface area contributed by atoms with Crippen molar-refractivity contribution >= 4 is 11.9 Å². The van der Waals surface area contributed by atoms with Gasteiger partial charge in [0.05, 0.1) is 12.0 Å². The zero-order valence-corrected chi connectivity index (χ0v) is 10.7. The van der Waals surface area contributed by atoms with Gasteiger partial charge < -0.3 is 15.2 Å². The summed E-state index contributed by atoms with van der Waals surface area (Å²) >= 11 is 0. The molecular weight excluding hydrogens is 222 g/mol. The van der Waals surface area contributed by atoms with Crippen molar-refractivity contribution in [2.24, 2.45) is 5.92 Å². The second kappa shape index (κ2) is 5.49. The van der Waals surface area contributed by atoms with Crippen molar-refractivity contribution in [3.05, 3.63) is 0 Å². The molecule has 1 aliphatic rings. The van der Waals surface area contributed by atoms with E-state index in [1.165, 1.54) is 0 Å². The Labute approximate surface area is 102 Å². The van der Waals surface area contributed by atoms with Gasteiger partial charge >= 0.3 is 5.97 Å². The molecular formula is C12H21NO4. The fourth-order valence-electron chi connectivity index (χ4n) is 2.05. The predicted octanol–water partition coefficient (Wildman–Crippen LogP) is 1.17. The van der Waals surface area contributed by atoms with E-state index in [1.54, 1.807) is 21.0 Å². The van der Waals surface area contributed by atoms with Crippen LogP contribution in [0, 0.1) is 5.92 Å². The summed E-state index contributed by atoms with van der Waals surface area (Å²) in [6, 6.07) is -0.823. The third-order valence-corrected chi connectivity index (χ3v) is 3.43. The van der Waals surface area contributed by atoms with Crippen LogP contribution < -0.4 is 5.32 Å². The Balaban J connectivity index is 2.50. The number of amides is 1. The number of aliphatic carboxylic acids is 1. The molecule has 2 N–H and O–H groups in total. The van der Waals surface area contributed by atoms with Gasteiger partial charge in [-0.05, 0) is 25.2 Å². The number of rotatable bonds is 6. The van der Waals surface area contributed by atoms with Gasteiger partial charge in [-0.25, -0.2) is 4.79 Å². The Bertz CT molecular complexity index is 291. The van der Waals surface area contributed by atoms with Gasteiger partial charge in [0.25, 0.3) is 0 Å². The SMILES string of the molecule is COC1(CC(=O)NC(C(=O)O)C(C)C)CCC1. The van der Waals surface area contributed by atoms with E-state index in [2.05, 4.69) is 5.32 Å². The van der Waals surface area contributed by atoms with Crippen LogP contribution >= 0.6 is 0 Å². The lowest BCUT2D eigenvalue weighted by molar-refractivity contribution is -0.146. The molecule has 0 saturated heterocycles. The van der Waals surface area contributed by atoms with Crippen LogP contribution in [0.3, 0.4) is 0 Å². The Morgan fingerprint density at radius 2 is 2.00 bits per heavy atom. The first kappa shape index (κ1) is 14.0. The van der Waals surface area contributed by atoms with E-state index >= 15 is 0 Å². The molecule has 0 spiro atoms. The van der Waals surface area contributed by atoms with Crippen molar-refractivity contribution < 1.29 is 19.4 Å². The van der Waals surface area contributed by atoms with E-state index in [0.29, 0.717) is 0 Å². The van der Waals surface area contributed by atoms with Gasteiger partial charge in [0.2, 0.25) is 5.91 Å². The number of methoxy groups -OCH3 is 1. The molecule has 0 aromatic carbocycles. The highest BCUT2D eigenvalue weighted by Crippen LogP contribution is 2.37. The summed E-state index contributed by atoms with van der Waals surface area (Å²) in [5, 5.41) is 11.5. The molecule has 0 aromatic rings. The van der Waals surface area contributed by atoms with Crippen LogP contribution in [0.2, 0.25) is 0 Å². The number of nitrogens with one attached hydrogen (secondary N) is 1. The summed E-state index contributed by atoms with van der Waals surface area (Å²) in [5.41, 5.74) is -0.357. The third kappa shape index (κ3) is 3.43. The van der Waals surface area contributed by atoms with Gasteiger partial charge in [0.15, 0.2) is 0 Å². The molecule has 5 nitrogen and oxygen atoms in total. The number of carboxylic acid groups (broad SMARTS) is 1. The first-order valence-electron chi connectivity index (χ1n) is 5.97. The van der Waals surface area contributed by atoms with Gasteiger partial charge in [-0.2, -0.15) is 0 Å². The van der Waals surface area contributed by atoms with E-state index in [4.69, 9.17) is 9.84 Å². The van der Waals surface area contributed by atoms with Crippen LogP contribution in [0.1, 0.15) is 39.5 Å². The monoisotopic (exact) mass is 243 g/mol. The molecule has 0 aromatic heterocycles. The molecule has 1 atom stereocenters. The molecule has 17 heavy (non-hydrogen) atoms. The number of hydrogen-bond donors (Lipinski definition) is 2. The number of carbonyl (C=O) groups is 2. The van der Waals surface area contributed by atoms with Gasteiger partial charge in [-0.1, -0.05) is 13.8 Å². The molecule has 0 radical (unpaired) electrons. The molecule has 98 valence electrons. The summed E-state index contributed by atoms with van der Waals surface area (Å²) in [6.45, 7) is 3.54. The van der Waals surface area contributed by atoms with Gasteiger partial charge in [-0.3, -0.25) is 4.79 Å². The average molecular weight is 243 g/mol. The largest absolute Gasteiger partial charge is 0.480 e. The second-order valence-corrected chi connectivity index (χ2v) is 5.04. The number of hydrogen-bond acceptors (Lipinski definition) is 3. The molecule has 1 fully saturated rings. The molecule has 1 amide bonds. The second-order valence-electron chi connectivity index (χ2n) is 5.04. The van der Waals surface area contributed by atoms with Crippen LogP contribution in [0.5, 0.6) is 0 Å². The minimum atomic E-state index is -0.992. The van der Waals surface area contributed by atoms with Crippen LogP contribution in [0.4, 0.5) is 0 Å². The van der Waals surface area contributed by atoms with Crippen LogP contribution in [-0.2, 0) is 14.3 Å². The van der Waals surface area contributed by atoms with Gasteiger partial charge in [-0.15, -0.1) is 0 Å². The smallest absolute Gasteiger partial charge is 0.326 e. The summed E-state index contributed by atoms with van der Waals surface area (Å²) in [7, 11) is 1.60. The molecule has 1 saturated carbocycles. The maximum absolute atomic E-state index is 11.8. The molecule has 0 aliphatic heterocycles. The standard InChI is InChI=1S/C12H21NO4/c1-8(2)10(11(15)16)13-9(14)7-12(17-3)5-4-6-12/h8,10H,4-7H2,1-3H3,(H,13,14)(H,15,16). The molecule has 1 aliphatic carbocycles. The van der Waals surface area contributed by atoms with Gasteiger partial charge in [0.1, 0.15) is 6.04 Å². The molecule has 0 heterocycles. The Morgan fingerprint density at radius 1 is 1.41 bits per heavy atom. The minimum absolute atomic E-state index is 0.128. The molecule has 1 unspecified atom stereocenters. The van der Waals surface area contributed by atoms with E-state index in [0.717, 1.165) is 19.3 Å². The zero-order chi connectivity index (χ0) is 13.1. The van der Waals surface area contributed by atoms with Crippen LogP contribution in [-0.4, -0.2) is 35.7 Å². The quantitative estimate of drug-likeness (QED) is 0.734. The van der Waals surface area contributed by atoms with Crippen LogP contribution in [0.25, 0.3) is 0 Å². The van der Waals surface area contributed by atoms with Gasteiger partial charge in [0, 0.05) is 7.11 Å². The third-order valence-electron chi connectivity index (χ3n) is 3.43. The topological polar surface area (TPSA) is 75.6 Å². The van der Waals surface area contributed by atoms with E-state index in [9.17, 15) is 9.59 Å².